The van der Waals surface area contributed by atoms with Gasteiger partial charge in [-0.1, -0.05) is 42.2 Å². The van der Waals surface area contributed by atoms with Gasteiger partial charge in [-0.15, -0.1) is 4.33 Å². The monoisotopic (exact) mass is 876 g/mol. The molecule has 0 fully saturated rings. The second kappa shape index (κ2) is 19.6. The van der Waals surface area contributed by atoms with E-state index in [0.717, 1.165) is 6.07 Å². The van der Waals surface area contributed by atoms with Crippen LogP contribution in [0.25, 0.3) is 12.2 Å². The summed E-state index contributed by atoms with van der Waals surface area (Å²) in [6, 6.07) is 24.8. The predicted molar refractivity (Wildman–Crippen MR) is 227 cm³/mol. The lowest BCUT2D eigenvalue weighted by Crippen LogP contribution is -2.08. The average molecular weight is 877 g/mol. The number of carboxylic acid groups (broad SMARTS) is 2. The zero-order valence-corrected chi connectivity index (χ0v) is 32.8. The Balaban J connectivity index is 1.24. The summed E-state index contributed by atoms with van der Waals surface area (Å²) in [4.78, 5) is 47.7. The third kappa shape index (κ3) is 11.6. The molecule has 4 aromatic carbocycles. The molecular formula is C38H28N12O10S2. The fourth-order valence-electron chi connectivity index (χ4n) is 5.15. The van der Waals surface area contributed by atoms with Crippen molar-refractivity contribution in [2.24, 2.45) is 0 Å². The molecule has 0 atom stereocenters. The molecule has 312 valence electrons. The van der Waals surface area contributed by atoms with E-state index < -0.39 is 27.0 Å². The number of aromatic carboxylic acids is 2. The molecule has 0 amide bonds. The van der Waals surface area contributed by atoms with Crippen molar-refractivity contribution in [1.29, 1.82) is 0 Å². The molecule has 2 aromatic heterocycles. The van der Waals surface area contributed by atoms with E-state index in [2.05, 4.69) is 78.9 Å². The van der Waals surface area contributed by atoms with Gasteiger partial charge in [0.1, 0.15) is 4.90 Å². The van der Waals surface area contributed by atoms with Gasteiger partial charge < -0.3 is 31.5 Å². The number of nitrogens with one attached hydrogen (secondary N) is 6. The number of aromatic nitrogens is 6. The number of benzene rings is 4. The van der Waals surface area contributed by atoms with Gasteiger partial charge >= 0.3 is 11.9 Å². The first-order valence-electron chi connectivity index (χ1n) is 17.1. The minimum atomic E-state index is -4.83. The van der Waals surface area contributed by atoms with Gasteiger partial charge in [-0.2, -0.15) is 38.3 Å². The van der Waals surface area contributed by atoms with E-state index in [0.29, 0.717) is 39.6 Å². The van der Waals surface area contributed by atoms with Gasteiger partial charge in [0, 0.05) is 39.7 Å². The number of rotatable bonds is 18. The molecule has 2 heterocycles. The van der Waals surface area contributed by atoms with E-state index in [1.807, 2.05) is 0 Å². The Kier molecular flexibility index (Phi) is 13.7. The standard InChI is InChI=1S/C38H28N12O10S2/c1-3-39-33-45-35(41-25-13-9-23(10-14-25)31(51)52)49-37(47-33)43-27-17-7-21(29(19-27)61-60-59-55)5-6-22-8-18-28(20-30(22)62(56,57)58)44-38-48-34(40-4-2)46-36(50-38)42-26-15-11-24(12-16-26)32(53)54/h1-2,5-20,55H,(H,51,52)(H,53,54)(H,56,57,58)(H3,39,41,43,45,47,49)(H3,40,42,44,46,48,50). The van der Waals surface area contributed by atoms with Crippen LogP contribution in [0.4, 0.5) is 58.4 Å². The van der Waals surface area contributed by atoms with E-state index in [1.54, 1.807) is 18.2 Å². The molecule has 0 radical (unpaired) electrons. The lowest BCUT2D eigenvalue weighted by molar-refractivity contribution is -0.432. The van der Waals surface area contributed by atoms with Crippen molar-refractivity contribution in [1.82, 2.24) is 29.9 Å². The molecule has 62 heavy (non-hydrogen) atoms. The van der Waals surface area contributed by atoms with Gasteiger partial charge in [-0.3, -0.25) is 15.2 Å². The number of anilines is 10. The molecule has 6 aromatic rings. The van der Waals surface area contributed by atoms with Crippen molar-refractivity contribution in [3.63, 3.8) is 0 Å². The van der Waals surface area contributed by atoms with E-state index in [4.69, 9.17) is 22.4 Å². The molecule has 6 rings (SSSR count). The van der Waals surface area contributed by atoms with Crippen LogP contribution in [-0.2, 0) is 19.5 Å². The van der Waals surface area contributed by atoms with Gasteiger partial charge in [0.05, 0.1) is 23.2 Å². The van der Waals surface area contributed by atoms with Crippen molar-refractivity contribution in [2.45, 2.75) is 9.79 Å². The lowest BCUT2D eigenvalue weighted by Gasteiger charge is -2.12. The fourth-order valence-corrected chi connectivity index (χ4v) is 6.37. The maximum Gasteiger partial charge on any atom is 0.335 e. The van der Waals surface area contributed by atoms with Crippen molar-refractivity contribution < 1.29 is 47.4 Å². The van der Waals surface area contributed by atoms with E-state index in [9.17, 15) is 32.8 Å². The number of terminal acetylenes is 2. The topological polar surface area (TPSA) is 317 Å². The molecule has 0 unspecified atom stereocenters. The van der Waals surface area contributed by atoms with Gasteiger partial charge in [-0.05, 0) is 83.9 Å². The quantitative estimate of drug-likeness (QED) is 0.00864. The number of carbonyl (C=O) groups is 2. The number of hydrogen-bond donors (Lipinski definition) is 10. The molecular weight excluding hydrogens is 849 g/mol. The van der Waals surface area contributed by atoms with Crippen LogP contribution in [0.5, 0.6) is 0 Å². The first kappa shape index (κ1) is 43.2. The summed E-state index contributed by atoms with van der Waals surface area (Å²) in [5, 5.41) is 47.8. The molecule has 0 bridgehead atoms. The second-order valence-corrected chi connectivity index (χ2v) is 14.1. The molecule has 0 saturated carbocycles. The highest BCUT2D eigenvalue weighted by Crippen LogP contribution is 2.32. The molecule has 10 N–H and O–H groups in total. The van der Waals surface area contributed by atoms with Crippen LogP contribution >= 0.6 is 12.0 Å². The van der Waals surface area contributed by atoms with E-state index >= 15 is 0 Å². The minimum Gasteiger partial charge on any atom is -0.478 e. The van der Waals surface area contributed by atoms with Crippen LogP contribution in [0.15, 0.2) is 94.7 Å². The summed E-state index contributed by atoms with van der Waals surface area (Å²) >= 11 is 0.595. The van der Waals surface area contributed by atoms with Crippen molar-refractivity contribution >= 4 is 105 Å². The predicted octanol–water partition coefficient (Wildman–Crippen LogP) is 6.28. The smallest absolute Gasteiger partial charge is 0.335 e. The van der Waals surface area contributed by atoms with Crippen LogP contribution in [0.3, 0.4) is 0 Å². The highest BCUT2D eigenvalue weighted by atomic mass is 32.2. The van der Waals surface area contributed by atoms with Crippen molar-refractivity contribution in [3.05, 3.63) is 107 Å². The van der Waals surface area contributed by atoms with Crippen LogP contribution in [0.2, 0.25) is 0 Å². The summed E-state index contributed by atoms with van der Waals surface area (Å²) < 4.78 is 40.2. The summed E-state index contributed by atoms with van der Waals surface area (Å²) in [5.41, 5.74) is 2.07. The average Bonchev–Trinajstić information content (AvgIpc) is 3.23. The van der Waals surface area contributed by atoms with E-state index in [-0.39, 0.29) is 58.1 Å². The molecule has 0 aliphatic heterocycles. The molecule has 0 saturated heterocycles. The molecule has 0 aliphatic rings. The van der Waals surface area contributed by atoms with Gasteiger partial charge in [-0.25, -0.2) is 14.8 Å². The Hall–Kier alpha value is -8.36. The Morgan fingerprint density at radius 3 is 1.40 bits per heavy atom. The van der Waals surface area contributed by atoms with Crippen LogP contribution in [0.1, 0.15) is 31.8 Å². The Bertz CT molecular complexity index is 2870. The number of hydrogen-bond acceptors (Lipinski definition) is 20. The molecule has 24 heteroatoms. The maximum atomic E-state index is 12.6. The van der Waals surface area contributed by atoms with Crippen LogP contribution in [-0.4, -0.2) is 70.3 Å². The highest BCUT2D eigenvalue weighted by molar-refractivity contribution is 7.94. The minimum absolute atomic E-state index is 0.000527. The lowest BCUT2D eigenvalue weighted by atomic mass is 10.1. The molecule has 0 spiro atoms. The largest absolute Gasteiger partial charge is 0.478 e. The van der Waals surface area contributed by atoms with Crippen molar-refractivity contribution in [2.75, 3.05) is 31.9 Å². The van der Waals surface area contributed by atoms with E-state index in [1.165, 1.54) is 72.8 Å². The fraction of sp³-hybridized carbons (Fsp3) is 0. The summed E-state index contributed by atoms with van der Waals surface area (Å²) in [5.74, 6) is -2.28. The van der Waals surface area contributed by atoms with Crippen molar-refractivity contribution in [3.8, 4) is 24.9 Å². The zero-order chi connectivity index (χ0) is 44.2. The SMILES string of the molecule is C#CNc1nc(Nc2ccc(C(=O)O)cc2)nc(Nc2ccc(C=Cc3ccc(Nc4nc(NC#C)nc(Nc5ccc(C(=O)O)cc5)n4)cc3S(=O)(=O)O)c(SOOO)c2)n1. The van der Waals surface area contributed by atoms with Gasteiger partial charge in [0.25, 0.3) is 10.1 Å². The normalized spacial score (nSPS) is 10.9. The second-order valence-electron chi connectivity index (χ2n) is 12.0. The zero-order valence-electron chi connectivity index (χ0n) is 31.1. The summed E-state index contributed by atoms with van der Waals surface area (Å²) in [7, 11) is -4.83. The molecule has 22 nitrogen and oxygen atoms in total. The molecule has 0 aliphatic carbocycles. The Morgan fingerprint density at radius 2 is 0.984 bits per heavy atom. The third-order valence-corrected chi connectivity index (χ3v) is 9.40. The summed E-state index contributed by atoms with van der Waals surface area (Å²) in [6.45, 7) is 0. The maximum absolute atomic E-state index is 12.6. The third-order valence-electron chi connectivity index (χ3n) is 7.83. The Labute approximate surface area is 354 Å². The van der Waals surface area contributed by atoms with Gasteiger partial charge in [0.2, 0.25) is 35.7 Å². The summed E-state index contributed by atoms with van der Waals surface area (Å²) in [6.07, 6.45) is 13.7. The Morgan fingerprint density at radius 1 is 0.597 bits per heavy atom. The van der Waals surface area contributed by atoms with Gasteiger partial charge in [0.15, 0.2) is 0 Å². The number of nitrogens with zero attached hydrogens (tertiary/aromatic N) is 6. The highest BCUT2D eigenvalue weighted by Gasteiger charge is 2.17. The first-order chi connectivity index (χ1) is 29.8. The van der Waals surface area contributed by atoms with Crippen LogP contribution in [0, 0.1) is 24.9 Å². The number of carboxylic acids is 2. The van der Waals surface area contributed by atoms with Crippen LogP contribution < -0.4 is 31.9 Å². The first-order valence-corrected chi connectivity index (χ1v) is 19.3.